The van der Waals surface area contributed by atoms with Crippen LogP contribution in [-0.4, -0.2) is 12.6 Å². The lowest BCUT2D eigenvalue weighted by Crippen LogP contribution is -2.45. The fraction of sp³-hybridized carbons (Fsp3) is 0.571. The highest BCUT2D eigenvalue weighted by molar-refractivity contribution is 9.10. The minimum atomic E-state index is 0.408. The Balaban J connectivity index is 2.11. The highest BCUT2D eigenvalue weighted by atomic mass is 79.9. The Morgan fingerprint density at radius 3 is 2.31 bits per heavy atom. The molecule has 0 unspecified atom stereocenters. The van der Waals surface area contributed by atoms with Gasteiger partial charge >= 0.3 is 0 Å². The molecule has 1 saturated carbocycles. The van der Waals surface area contributed by atoms with Crippen molar-refractivity contribution in [1.29, 1.82) is 0 Å². The van der Waals surface area contributed by atoms with Crippen LogP contribution in [0.15, 0.2) is 28.7 Å². The second-order valence-electron chi connectivity index (χ2n) is 5.18. The Kier molecular flexibility index (Phi) is 3.70. The van der Waals surface area contributed by atoms with E-state index in [1.54, 1.807) is 0 Å². The van der Waals surface area contributed by atoms with Crippen LogP contribution >= 0.6 is 15.9 Å². The molecule has 1 aromatic rings. The number of halogens is 1. The maximum Gasteiger partial charge on any atom is 0.0175 e. The summed E-state index contributed by atoms with van der Waals surface area (Å²) < 4.78 is 1.17. The van der Waals surface area contributed by atoms with Gasteiger partial charge in [0.2, 0.25) is 0 Å². The molecule has 1 N–H and O–H groups in total. The van der Waals surface area contributed by atoms with Gasteiger partial charge in [-0.1, -0.05) is 48.3 Å². The standard InChI is InChI=1S/C14H20BrN/c1-11(2)16-10-14(8-3-9-14)12-4-6-13(15)7-5-12/h4-7,11,16H,3,8-10H2,1-2H3. The van der Waals surface area contributed by atoms with Crippen LogP contribution < -0.4 is 5.32 Å². The third kappa shape index (κ3) is 2.49. The molecule has 0 radical (unpaired) electrons. The van der Waals surface area contributed by atoms with E-state index in [1.165, 1.54) is 29.3 Å². The van der Waals surface area contributed by atoms with E-state index in [0.717, 1.165) is 6.54 Å². The molecule has 1 fully saturated rings. The number of hydrogen-bond donors (Lipinski definition) is 1. The molecule has 16 heavy (non-hydrogen) atoms. The first-order chi connectivity index (χ1) is 7.62. The topological polar surface area (TPSA) is 12.0 Å². The van der Waals surface area contributed by atoms with Gasteiger partial charge in [-0.25, -0.2) is 0 Å². The predicted molar refractivity (Wildman–Crippen MR) is 72.8 cm³/mol. The minimum Gasteiger partial charge on any atom is -0.314 e. The average molecular weight is 282 g/mol. The Hall–Kier alpha value is -0.340. The summed E-state index contributed by atoms with van der Waals surface area (Å²) in [6, 6.07) is 9.43. The first-order valence-corrected chi connectivity index (χ1v) is 6.91. The molecule has 0 amide bonds. The summed E-state index contributed by atoms with van der Waals surface area (Å²) >= 11 is 3.50. The van der Waals surface area contributed by atoms with Crippen molar-refractivity contribution >= 4 is 15.9 Å². The first kappa shape index (κ1) is 12.1. The van der Waals surface area contributed by atoms with E-state index in [0.29, 0.717) is 11.5 Å². The van der Waals surface area contributed by atoms with Crippen LogP contribution in [0.5, 0.6) is 0 Å². The van der Waals surface area contributed by atoms with Crippen LogP contribution in [0.4, 0.5) is 0 Å². The van der Waals surface area contributed by atoms with Gasteiger partial charge in [-0.05, 0) is 30.5 Å². The van der Waals surface area contributed by atoms with Crippen molar-refractivity contribution in [3.05, 3.63) is 34.3 Å². The zero-order valence-electron chi connectivity index (χ0n) is 10.1. The van der Waals surface area contributed by atoms with E-state index < -0.39 is 0 Å². The Morgan fingerprint density at radius 2 is 1.88 bits per heavy atom. The Labute approximate surface area is 107 Å². The number of benzene rings is 1. The van der Waals surface area contributed by atoms with E-state index in [1.807, 2.05) is 0 Å². The van der Waals surface area contributed by atoms with Crippen LogP contribution in [0.25, 0.3) is 0 Å². The van der Waals surface area contributed by atoms with Crippen LogP contribution in [0.2, 0.25) is 0 Å². The summed E-state index contributed by atoms with van der Waals surface area (Å²) in [5.74, 6) is 0. The molecule has 0 saturated heterocycles. The molecular formula is C14H20BrN. The van der Waals surface area contributed by atoms with Crippen LogP contribution in [0, 0.1) is 0 Å². The molecule has 0 heterocycles. The Bertz CT molecular complexity index is 338. The molecule has 88 valence electrons. The molecule has 0 aliphatic heterocycles. The van der Waals surface area contributed by atoms with Crippen molar-refractivity contribution in [1.82, 2.24) is 5.32 Å². The van der Waals surface area contributed by atoms with Crippen LogP contribution in [-0.2, 0) is 5.41 Å². The SMILES string of the molecule is CC(C)NCC1(c2ccc(Br)cc2)CCC1. The molecule has 1 aliphatic carbocycles. The van der Waals surface area contributed by atoms with Crippen LogP contribution in [0.3, 0.4) is 0 Å². The van der Waals surface area contributed by atoms with Gasteiger partial charge in [0, 0.05) is 22.5 Å². The summed E-state index contributed by atoms with van der Waals surface area (Å²) in [7, 11) is 0. The quantitative estimate of drug-likeness (QED) is 0.884. The average Bonchev–Trinajstić information content (AvgIpc) is 2.18. The zero-order valence-corrected chi connectivity index (χ0v) is 11.7. The van der Waals surface area contributed by atoms with Crippen molar-refractivity contribution in [2.45, 2.75) is 44.6 Å². The van der Waals surface area contributed by atoms with Crippen molar-refractivity contribution < 1.29 is 0 Å². The van der Waals surface area contributed by atoms with E-state index in [-0.39, 0.29) is 0 Å². The van der Waals surface area contributed by atoms with Gasteiger partial charge < -0.3 is 5.32 Å². The summed E-state index contributed by atoms with van der Waals surface area (Å²) in [6.07, 6.45) is 4.03. The van der Waals surface area contributed by atoms with Crippen molar-refractivity contribution in [3.63, 3.8) is 0 Å². The third-order valence-corrected chi connectivity index (χ3v) is 4.14. The fourth-order valence-corrected chi connectivity index (χ4v) is 2.64. The van der Waals surface area contributed by atoms with Gasteiger partial charge in [0.05, 0.1) is 0 Å². The molecule has 2 rings (SSSR count). The summed E-state index contributed by atoms with van der Waals surface area (Å²) in [4.78, 5) is 0. The second kappa shape index (κ2) is 4.89. The number of hydrogen-bond acceptors (Lipinski definition) is 1. The molecule has 0 aromatic heterocycles. The van der Waals surface area contributed by atoms with Crippen molar-refractivity contribution in [2.24, 2.45) is 0 Å². The highest BCUT2D eigenvalue weighted by Crippen LogP contribution is 2.43. The van der Waals surface area contributed by atoms with Gasteiger partial charge in [0.15, 0.2) is 0 Å². The van der Waals surface area contributed by atoms with Gasteiger partial charge in [-0.15, -0.1) is 0 Å². The summed E-state index contributed by atoms with van der Waals surface area (Å²) in [6.45, 7) is 5.55. The number of nitrogens with one attached hydrogen (secondary N) is 1. The minimum absolute atomic E-state index is 0.408. The number of rotatable bonds is 4. The zero-order chi connectivity index (χ0) is 11.6. The van der Waals surface area contributed by atoms with Gasteiger partial charge in [0.1, 0.15) is 0 Å². The molecule has 2 heteroatoms. The monoisotopic (exact) mass is 281 g/mol. The maximum atomic E-state index is 3.59. The van der Waals surface area contributed by atoms with E-state index in [2.05, 4.69) is 59.4 Å². The largest absolute Gasteiger partial charge is 0.314 e. The fourth-order valence-electron chi connectivity index (χ4n) is 2.37. The van der Waals surface area contributed by atoms with Crippen molar-refractivity contribution in [3.8, 4) is 0 Å². The lowest BCUT2D eigenvalue weighted by Gasteiger charge is -2.43. The first-order valence-electron chi connectivity index (χ1n) is 6.12. The van der Waals surface area contributed by atoms with Crippen molar-refractivity contribution in [2.75, 3.05) is 6.54 Å². The normalized spacial score (nSPS) is 18.5. The Morgan fingerprint density at radius 1 is 1.25 bits per heavy atom. The smallest absolute Gasteiger partial charge is 0.0175 e. The summed E-state index contributed by atoms with van der Waals surface area (Å²) in [5.41, 5.74) is 1.90. The second-order valence-corrected chi connectivity index (χ2v) is 6.09. The lowest BCUT2D eigenvalue weighted by atomic mass is 9.64. The molecule has 1 nitrogen and oxygen atoms in total. The van der Waals surface area contributed by atoms with E-state index in [9.17, 15) is 0 Å². The van der Waals surface area contributed by atoms with E-state index in [4.69, 9.17) is 0 Å². The third-order valence-electron chi connectivity index (χ3n) is 3.62. The molecule has 0 spiro atoms. The van der Waals surface area contributed by atoms with E-state index >= 15 is 0 Å². The van der Waals surface area contributed by atoms with Gasteiger partial charge in [-0.2, -0.15) is 0 Å². The predicted octanol–water partition coefficient (Wildman–Crippen LogP) is 3.87. The molecule has 1 aliphatic rings. The van der Waals surface area contributed by atoms with Gasteiger partial charge in [0.25, 0.3) is 0 Å². The van der Waals surface area contributed by atoms with Crippen LogP contribution in [0.1, 0.15) is 38.7 Å². The lowest BCUT2D eigenvalue weighted by molar-refractivity contribution is 0.228. The summed E-state index contributed by atoms with van der Waals surface area (Å²) in [5, 5.41) is 3.59. The molecule has 0 bridgehead atoms. The molecule has 0 atom stereocenters. The van der Waals surface area contributed by atoms with Gasteiger partial charge in [-0.3, -0.25) is 0 Å². The molecule has 1 aromatic carbocycles. The highest BCUT2D eigenvalue weighted by Gasteiger charge is 2.38. The molecular weight excluding hydrogens is 262 g/mol. The maximum absolute atomic E-state index is 3.59.